The van der Waals surface area contributed by atoms with Gasteiger partial charge in [-0.25, -0.2) is 0 Å². The van der Waals surface area contributed by atoms with Gasteiger partial charge < -0.3 is 20.5 Å². The summed E-state index contributed by atoms with van der Waals surface area (Å²) >= 11 is 0. The van der Waals surface area contributed by atoms with Crippen LogP contribution in [0, 0.1) is 0 Å². The van der Waals surface area contributed by atoms with Gasteiger partial charge in [0.25, 0.3) is 5.91 Å². The summed E-state index contributed by atoms with van der Waals surface area (Å²) in [5, 5.41) is 17.2. The Bertz CT molecular complexity index is 1070. The van der Waals surface area contributed by atoms with Gasteiger partial charge in [0.1, 0.15) is 11.5 Å². The van der Waals surface area contributed by atoms with Gasteiger partial charge in [-0.05, 0) is 71.3 Å². The minimum absolute atomic E-state index is 0.140. The number of phenolic OH excluding ortho intramolecular Hbond substituents is 1. The Hall–Kier alpha value is -3.80. The van der Waals surface area contributed by atoms with Crippen LogP contribution in [-0.4, -0.2) is 30.1 Å². The number of ether oxygens (including phenoxy) is 1. The molecule has 0 radical (unpaired) electrons. The van der Waals surface area contributed by atoms with Crippen LogP contribution in [0.1, 0.15) is 29.3 Å². The van der Waals surface area contributed by atoms with Gasteiger partial charge in [-0.2, -0.15) is 0 Å². The van der Waals surface area contributed by atoms with Crippen molar-refractivity contribution in [2.75, 3.05) is 13.1 Å². The third kappa shape index (κ3) is 5.61. The number of esters is 1. The molecule has 3 N–H and O–H groups in total. The number of carbonyl (C=O) groups is 2. The highest BCUT2D eigenvalue weighted by molar-refractivity contribution is 5.98. The zero-order valence-corrected chi connectivity index (χ0v) is 16.8. The predicted molar refractivity (Wildman–Crippen MR) is 117 cm³/mol. The van der Waals surface area contributed by atoms with Crippen LogP contribution in [0.4, 0.5) is 0 Å². The molecular weight excluding hydrogens is 380 g/mol. The highest BCUT2D eigenvalue weighted by atomic mass is 16.5. The van der Waals surface area contributed by atoms with E-state index in [1.165, 1.54) is 6.92 Å². The van der Waals surface area contributed by atoms with E-state index in [1.807, 2.05) is 18.2 Å². The van der Waals surface area contributed by atoms with E-state index in [9.17, 15) is 14.7 Å². The van der Waals surface area contributed by atoms with Gasteiger partial charge >= 0.3 is 5.97 Å². The zero-order valence-electron chi connectivity index (χ0n) is 16.8. The Morgan fingerprint density at radius 2 is 1.53 bits per heavy atom. The Balaban J connectivity index is 1.47. The first-order chi connectivity index (χ1) is 14.4. The Morgan fingerprint density at radius 3 is 2.27 bits per heavy atom. The number of carbonyl (C=O) groups excluding carboxylic acids is 2. The van der Waals surface area contributed by atoms with Gasteiger partial charge in [-0.3, -0.25) is 9.59 Å². The topological polar surface area (TPSA) is 87.7 Å². The molecule has 1 amide bonds. The first-order valence-corrected chi connectivity index (χ1v) is 9.65. The first kappa shape index (κ1) is 20.9. The molecule has 154 valence electrons. The second-order valence-electron chi connectivity index (χ2n) is 6.88. The Labute approximate surface area is 175 Å². The summed E-state index contributed by atoms with van der Waals surface area (Å²) in [4.78, 5) is 23.5. The fourth-order valence-electron chi connectivity index (χ4n) is 2.99. The fourth-order valence-corrected chi connectivity index (χ4v) is 2.99. The van der Waals surface area contributed by atoms with E-state index < -0.39 is 0 Å². The molecule has 0 heterocycles. The molecule has 0 saturated carbocycles. The number of fused-ring (bicyclic) bond motifs is 1. The van der Waals surface area contributed by atoms with Gasteiger partial charge in [0, 0.05) is 31.3 Å². The normalized spacial score (nSPS) is 10.4. The maximum atomic E-state index is 12.4. The molecule has 3 rings (SSSR count). The second-order valence-corrected chi connectivity index (χ2v) is 6.88. The third-order valence-electron chi connectivity index (χ3n) is 4.53. The summed E-state index contributed by atoms with van der Waals surface area (Å²) < 4.78 is 5.08. The molecule has 0 aliphatic heterocycles. The van der Waals surface area contributed by atoms with Crippen molar-refractivity contribution in [3.05, 3.63) is 78.4 Å². The average Bonchev–Trinajstić information content (AvgIpc) is 2.73. The van der Waals surface area contributed by atoms with Crippen LogP contribution < -0.4 is 15.4 Å². The summed E-state index contributed by atoms with van der Waals surface area (Å²) in [6.07, 6.45) is 0.738. The van der Waals surface area contributed by atoms with E-state index in [2.05, 4.69) is 17.2 Å². The van der Waals surface area contributed by atoms with Crippen LogP contribution in [0.3, 0.4) is 0 Å². The zero-order chi connectivity index (χ0) is 21.5. The number of aromatic hydroxyl groups is 1. The van der Waals surface area contributed by atoms with E-state index in [0.29, 0.717) is 24.4 Å². The van der Waals surface area contributed by atoms with E-state index in [-0.39, 0.29) is 17.6 Å². The highest BCUT2D eigenvalue weighted by Crippen LogP contribution is 2.22. The number of hydrogen-bond acceptors (Lipinski definition) is 5. The second kappa shape index (κ2) is 9.60. The molecule has 0 unspecified atom stereocenters. The molecule has 0 bridgehead atoms. The van der Waals surface area contributed by atoms with Crippen molar-refractivity contribution in [2.45, 2.75) is 13.3 Å². The van der Waals surface area contributed by atoms with Crippen LogP contribution in [0.15, 0.2) is 67.2 Å². The molecule has 6 nitrogen and oxygen atoms in total. The minimum Gasteiger partial charge on any atom is -0.508 e. The van der Waals surface area contributed by atoms with Crippen molar-refractivity contribution in [3.63, 3.8) is 0 Å². The molecule has 6 heteroatoms. The standard InChI is InChI=1S/C24H24N2O4/c1-16(18-6-9-22(28)10-7-18)25-12-3-13-26-24(29)21-5-4-20-15-23(30-17(2)27)11-8-19(20)14-21/h4-11,14-15,25,28H,1,3,12-13H2,2H3,(H,26,29). The Kier molecular flexibility index (Phi) is 6.70. The summed E-state index contributed by atoms with van der Waals surface area (Å²) in [6.45, 7) is 6.52. The number of phenols is 1. The minimum atomic E-state index is -0.369. The highest BCUT2D eigenvalue weighted by Gasteiger charge is 2.07. The van der Waals surface area contributed by atoms with Gasteiger partial charge in [0.05, 0.1) is 0 Å². The molecule has 3 aromatic carbocycles. The Morgan fingerprint density at radius 1 is 0.900 bits per heavy atom. The van der Waals surface area contributed by atoms with E-state index in [0.717, 1.165) is 28.5 Å². The van der Waals surface area contributed by atoms with Crippen LogP contribution in [-0.2, 0) is 4.79 Å². The van der Waals surface area contributed by atoms with Crippen LogP contribution >= 0.6 is 0 Å². The molecule has 0 fully saturated rings. The first-order valence-electron chi connectivity index (χ1n) is 9.65. The summed E-state index contributed by atoms with van der Waals surface area (Å²) in [6, 6.07) is 17.5. The lowest BCUT2D eigenvalue weighted by molar-refractivity contribution is -0.131. The molecule has 3 aromatic rings. The van der Waals surface area contributed by atoms with Crippen LogP contribution in [0.25, 0.3) is 16.5 Å². The molecular formula is C24H24N2O4. The van der Waals surface area contributed by atoms with Crippen molar-refractivity contribution >= 4 is 28.3 Å². The van der Waals surface area contributed by atoms with Crippen molar-refractivity contribution in [2.24, 2.45) is 0 Å². The smallest absolute Gasteiger partial charge is 0.308 e. The van der Waals surface area contributed by atoms with Crippen LogP contribution in [0.5, 0.6) is 11.5 Å². The molecule has 0 aromatic heterocycles. The number of nitrogens with one attached hydrogen (secondary N) is 2. The van der Waals surface area contributed by atoms with Crippen molar-refractivity contribution in [1.82, 2.24) is 10.6 Å². The number of rotatable bonds is 8. The van der Waals surface area contributed by atoms with Crippen molar-refractivity contribution < 1.29 is 19.4 Å². The number of benzene rings is 3. The van der Waals surface area contributed by atoms with E-state index in [1.54, 1.807) is 42.5 Å². The SMILES string of the molecule is C=C(NCCCNC(=O)c1ccc2cc(OC(C)=O)ccc2c1)c1ccc(O)cc1. The van der Waals surface area contributed by atoms with Gasteiger partial charge in [-0.1, -0.05) is 18.7 Å². The lowest BCUT2D eigenvalue weighted by atomic mass is 10.1. The molecule has 30 heavy (non-hydrogen) atoms. The molecule has 0 saturated heterocycles. The molecule has 0 aliphatic carbocycles. The lowest BCUT2D eigenvalue weighted by Crippen LogP contribution is -2.27. The maximum absolute atomic E-state index is 12.4. The van der Waals surface area contributed by atoms with Gasteiger partial charge in [0.15, 0.2) is 0 Å². The van der Waals surface area contributed by atoms with Crippen molar-refractivity contribution in [1.29, 1.82) is 0 Å². The summed E-state index contributed by atoms with van der Waals surface area (Å²) in [5.74, 6) is 0.186. The molecule has 0 aliphatic rings. The molecule has 0 spiro atoms. The average molecular weight is 404 g/mol. The maximum Gasteiger partial charge on any atom is 0.308 e. The van der Waals surface area contributed by atoms with Gasteiger partial charge in [0.2, 0.25) is 0 Å². The predicted octanol–water partition coefficient (Wildman–Crippen LogP) is 3.85. The third-order valence-corrected chi connectivity index (χ3v) is 4.53. The van der Waals surface area contributed by atoms with E-state index in [4.69, 9.17) is 4.74 Å². The lowest BCUT2D eigenvalue weighted by Gasteiger charge is -2.11. The quantitative estimate of drug-likeness (QED) is 0.302. The number of amides is 1. The fraction of sp³-hybridized carbons (Fsp3) is 0.167. The van der Waals surface area contributed by atoms with Gasteiger partial charge in [-0.15, -0.1) is 0 Å². The molecule has 0 atom stereocenters. The largest absolute Gasteiger partial charge is 0.508 e. The van der Waals surface area contributed by atoms with Crippen molar-refractivity contribution in [3.8, 4) is 11.5 Å². The van der Waals surface area contributed by atoms with E-state index >= 15 is 0 Å². The monoisotopic (exact) mass is 404 g/mol. The summed E-state index contributed by atoms with van der Waals surface area (Å²) in [5.41, 5.74) is 2.25. The summed E-state index contributed by atoms with van der Waals surface area (Å²) in [7, 11) is 0. The van der Waals surface area contributed by atoms with Crippen LogP contribution in [0.2, 0.25) is 0 Å². The number of hydrogen-bond donors (Lipinski definition) is 3.